The molecule has 51 heavy (non-hydrogen) atoms. The van der Waals surface area contributed by atoms with E-state index in [1.807, 2.05) is 48.5 Å². The van der Waals surface area contributed by atoms with Crippen LogP contribution in [0.5, 0.6) is 0 Å². The van der Waals surface area contributed by atoms with Gasteiger partial charge in [-0.2, -0.15) is 15.0 Å². The van der Waals surface area contributed by atoms with Crippen LogP contribution in [0.2, 0.25) is 0 Å². The molecule has 0 aliphatic rings. The molecule has 0 N–H and O–H groups in total. The zero-order chi connectivity index (χ0) is 47.4. The molecule has 0 fully saturated rings. The molecule has 0 amide bonds. The van der Waals surface area contributed by atoms with Crippen LogP contribution in [-0.2, 0) is 0 Å². The summed E-state index contributed by atoms with van der Waals surface area (Å²) < 4.78 is 151. The molecule has 0 atom stereocenters. The second-order valence-corrected chi connectivity index (χ2v) is 11.7. The van der Waals surface area contributed by atoms with Crippen molar-refractivity contribution in [2.75, 3.05) is 0 Å². The summed E-state index contributed by atoms with van der Waals surface area (Å²) in [6, 6.07) is 9.73. The van der Waals surface area contributed by atoms with Crippen LogP contribution in [0.4, 0.5) is 0 Å². The van der Waals surface area contributed by atoms with Crippen molar-refractivity contribution in [3.05, 3.63) is 163 Å². The van der Waals surface area contributed by atoms with E-state index in [0.29, 0.717) is 11.0 Å². The molecule has 6 heteroatoms. The molecule has 0 spiro atoms. The topological polar surface area (TPSA) is 61.7 Å². The minimum absolute atomic E-state index is 0.209. The van der Waals surface area contributed by atoms with Gasteiger partial charge in [-0.15, -0.1) is 0 Å². The van der Waals surface area contributed by atoms with Gasteiger partial charge in [-0.1, -0.05) is 127 Å². The fourth-order valence-corrected chi connectivity index (χ4v) is 6.80. The highest BCUT2D eigenvalue weighted by Crippen LogP contribution is 2.41. The second kappa shape index (κ2) is 10.7. The molecule has 4 heterocycles. The second-order valence-electron chi connectivity index (χ2n) is 11.7. The smallest absolute Gasteiger partial charge is 0.240 e. The summed E-state index contributed by atoms with van der Waals surface area (Å²) in [4.78, 5) is 14.5. The van der Waals surface area contributed by atoms with Gasteiger partial charge in [-0.05, 0) is 47.4 Å². The molecule has 0 radical (unpaired) electrons. The van der Waals surface area contributed by atoms with Crippen molar-refractivity contribution < 1.29 is 26.3 Å². The number of hydrogen-bond donors (Lipinski definition) is 0. The molecule has 0 bridgehead atoms. The first-order valence-electron chi connectivity index (χ1n) is 23.7. The Morgan fingerprint density at radius 1 is 0.451 bits per heavy atom. The molecular formula is C45H27N5O. The van der Waals surface area contributed by atoms with Crippen LogP contribution in [0.15, 0.2) is 168 Å². The van der Waals surface area contributed by atoms with Gasteiger partial charge in [0.2, 0.25) is 11.9 Å². The number of hydrogen-bond acceptors (Lipinski definition) is 4. The van der Waals surface area contributed by atoms with Gasteiger partial charge in [0.05, 0.1) is 49.6 Å². The van der Waals surface area contributed by atoms with Crippen LogP contribution in [0.25, 0.3) is 100.0 Å². The van der Waals surface area contributed by atoms with Gasteiger partial charge in [0.25, 0.3) is 0 Å². The van der Waals surface area contributed by atoms with Gasteiger partial charge in [0.1, 0.15) is 11.2 Å². The first-order chi connectivity index (χ1) is 32.0. The van der Waals surface area contributed by atoms with E-state index in [1.165, 1.54) is 0 Å². The minimum atomic E-state index is -0.707. The van der Waals surface area contributed by atoms with Crippen LogP contribution in [-0.4, -0.2) is 24.1 Å². The molecule has 11 rings (SSSR count). The molecule has 238 valence electrons. The lowest BCUT2D eigenvalue weighted by Crippen LogP contribution is -2.10. The highest BCUT2D eigenvalue weighted by atomic mass is 16.3. The third-order valence-corrected chi connectivity index (χ3v) is 8.93. The maximum Gasteiger partial charge on any atom is 0.240 e. The number of aromatic nitrogens is 5. The number of nitrogens with zero attached hydrogens (tertiary/aromatic N) is 5. The van der Waals surface area contributed by atoms with Crippen molar-refractivity contribution in [1.82, 2.24) is 24.1 Å². The normalized spacial score (nSPS) is 16.3. The third-order valence-electron chi connectivity index (χ3n) is 8.93. The summed E-state index contributed by atoms with van der Waals surface area (Å²) in [6.07, 6.45) is 0. The van der Waals surface area contributed by atoms with E-state index >= 15 is 0 Å². The molecule has 0 aliphatic heterocycles. The Morgan fingerprint density at radius 2 is 0.941 bits per heavy atom. The Hall–Kier alpha value is -7.05. The standard InChI is InChI=1S/C45H27N5O/c1-2-14-28(15-3-1)29-20-13-27-40-41(29)34-21-12-22-35(42(34)51-40)43-46-44(49-36-23-8-4-16-30(36)31-17-5-9-24-37(31)49)48-45(47-43)50-38-25-10-6-18-32(38)33-19-7-11-26-39(33)50/h1-27H/i4D,5D,6D,7D,8D,9D,10D,11D,16D,17D,18D,19D,23D,24D,25D,26D. The Kier molecular flexibility index (Phi) is 3.48. The van der Waals surface area contributed by atoms with E-state index in [2.05, 4.69) is 0 Å². The minimum Gasteiger partial charge on any atom is -0.455 e. The molecule has 0 saturated carbocycles. The first kappa shape index (κ1) is 16.6. The van der Waals surface area contributed by atoms with Crippen molar-refractivity contribution in [2.45, 2.75) is 0 Å². The maximum atomic E-state index is 9.19. The van der Waals surface area contributed by atoms with Crippen molar-refractivity contribution >= 4 is 65.6 Å². The Bertz CT molecular complexity index is 3740. The van der Waals surface area contributed by atoms with Gasteiger partial charge in [-0.25, -0.2) is 0 Å². The summed E-state index contributed by atoms with van der Waals surface area (Å²) in [6.45, 7) is 0. The van der Waals surface area contributed by atoms with E-state index in [0.717, 1.165) is 25.6 Å². The van der Waals surface area contributed by atoms with E-state index in [9.17, 15) is 5.48 Å². The number of benzene rings is 7. The van der Waals surface area contributed by atoms with Crippen molar-refractivity contribution in [1.29, 1.82) is 0 Å². The molecule has 6 nitrogen and oxygen atoms in total. The lowest BCUT2D eigenvalue weighted by molar-refractivity contribution is 0.669. The van der Waals surface area contributed by atoms with Gasteiger partial charge in [-0.3, -0.25) is 9.13 Å². The van der Waals surface area contributed by atoms with Gasteiger partial charge >= 0.3 is 0 Å². The molecular weight excluding hydrogens is 627 g/mol. The molecule has 7 aromatic carbocycles. The molecule has 0 unspecified atom stereocenters. The van der Waals surface area contributed by atoms with Crippen LogP contribution in [0.3, 0.4) is 0 Å². The average molecular weight is 670 g/mol. The number of furan rings is 1. The summed E-state index contributed by atoms with van der Waals surface area (Å²) in [5.74, 6) is -1.20. The molecule has 0 saturated heterocycles. The Labute approximate surface area is 314 Å². The number of fused-ring (bicyclic) bond motifs is 9. The third kappa shape index (κ3) is 4.07. The van der Waals surface area contributed by atoms with Crippen LogP contribution >= 0.6 is 0 Å². The van der Waals surface area contributed by atoms with Gasteiger partial charge in [0.15, 0.2) is 5.82 Å². The van der Waals surface area contributed by atoms with E-state index in [4.69, 9.17) is 35.8 Å². The van der Waals surface area contributed by atoms with Crippen LogP contribution in [0.1, 0.15) is 21.9 Å². The average Bonchev–Trinajstić information content (AvgIpc) is 4.03. The SMILES string of the molecule is [2H]c1c([2H])c([2H])c2c(c1[2H])c1c([2H])c([2H])c([2H])c([2H])c1n2-c1nc(-c2cccc3c2oc2cccc(-c4ccccc4)c23)nc(-n2c3c([2H])c([2H])c([2H])c([2H])c3c3c([2H])c([2H])c([2H])c([2H])c32)n1. The van der Waals surface area contributed by atoms with Crippen LogP contribution < -0.4 is 0 Å². The largest absolute Gasteiger partial charge is 0.455 e. The number of rotatable bonds is 4. The molecule has 11 aromatic rings. The molecule has 4 aromatic heterocycles. The molecule has 0 aliphatic carbocycles. The predicted octanol–water partition coefficient (Wildman–Crippen LogP) is 11.3. The Morgan fingerprint density at radius 3 is 1.49 bits per heavy atom. The predicted molar refractivity (Wildman–Crippen MR) is 207 cm³/mol. The maximum absolute atomic E-state index is 9.19. The van der Waals surface area contributed by atoms with Crippen molar-refractivity contribution in [3.63, 3.8) is 0 Å². The quantitative estimate of drug-likeness (QED) is 0.187. The summed E-state index contributed by atoms with van der Waals surface area (Å²) in [5.41, 5.74) is 1.36. The summed E-state index contributed by atoms with van der Waals surface area (Å²) in [5, 5.41) is 0.266. The number of para-hydroxylation sites is 5. The highest BCUT2D eigenvalue weighted by molar-refractivity contribution is 6.15. The van der Waals surface area contributed by atoms with Crippen LogP contribution in [0, 0.1) is 0 Å². The fourth-order valence-electron chi connectivity index (χ4n) is 6.80. The lowest BCUT2D eigenvalue weighted by atomic mass is 9.99. The Balaban J connectivity index is 1.37. The van der Waals surface area contributed by atoms with E-state index < -0.39 is 109 Å². The monoisotopic (exact) mass is 669 g/mol. The summed E-state index contributed by atoms with van der Waals surface area (Å²) in [7, 11) is 0. The zero-order valence-corrected chi connectivity index (χ0v) is 26.0. The lowest BCUT2D eigenvalue weighted by Gasteiger charge is -2.12. The summed E-state index contributed by atoms with van der Waals surface area (Å²) >= 11 is 0. The first-order valence-corrected chi connectivity index (χ1v) is 15.7. The van der Waals surface area contributed by atoms with Gasteiger partial charge < -0.3 is 4.42 Å². The van der Waals surface area contributed by atoms with Crippen molar-refractivity contribution in [3.8, 4) is 34.4 Å². The fraction of sp³-hybridized carbons (Fsp3) is 0. The zero-order valence-electron chi connectivity index (χ0n) is 42.0. The highest BCUT2D eigenvalue weighted by Gasteiger charge is 2.23. The van der Waals surface area contributed by atoms with E-state index in [1.54, 1.807) is 18.2 Å². The van der Waals surface area contributed by atoms with E-state index in [-0.39, 0.29) is 60.6 Å². The van der Waals surface area contributed by atoms with Crippen molar-refractivity contribution in [2.24, 2.45) is 0 Å². The van der Waals surface area contributed by atoms with Gasteiger partial charge in [0, 0.05) is 32.3 Å².